The van der Waals surface area contributed by atoms with Gasteiger partial charge in [-0.15, -0.1) is 0 Å². The number of nitrogens with one attached hydrogen (secondary N) is 2. The van der Waals surface area contributed by atoms with E-state index in [0.29, 0.717) is 17.6 Å². The average molecular weight is 297 g/mol. The fourth-order valence-electron chi connectivity index (χ4n) is 3.01. The molecule has 3 heterocycles. The third-order valence-corrected chi connectivity index (χ3v) is 4.23. The van der Waals surface area contributed by atoms with Crippen molar-refractivity contribution in [3.05, 3.63) is 29.9 Å². The second-order valence-corrected chi connectivity index (χ2v) is 5.81. The first-order chi connectivity index (χ1) is 10.8. The fraction of sp³-hybridized carbons (Fsp3) is 0.438. The van der Waals surface area contributed by atoms with Gasteiger partial charge in [0.2, 0.25) is 11.7 Å². The summed E-state index contributed by atoms with van der Waals surface area (Å²) in [5, 5.41) is 7.51. The van der Waals surface area contributed by atoms with Crippen molar-refractivity contribution in [1.29, 1.82) is 0 Å². The maximum absolute atomic E-state index is 5.44. The number of para-hydroxylation sites is 1. The summed E-state index contributed by atoms with van der Waals surface area (Å²) in [6.07, 6.45) is 2.89. The number of aromatic nitrogens is 4. The SMILES string of the molecule is CCc1nc2c(-c3noc(CC4CCNC4)n3)cccc2[nH]1. The van der Waals surface area contributed by atoms with E-state index in [4.69, 9.17) is 4.52 Å². The van der Waals surface area contributed by atoms with Gasteiger partial charge in [-0.1, -0.05) is 18.1 Å². The molecule has 1 aromatic carbocycles. The first-order valence-corrected chi connectivity index (χ1v) is 7.84. The van der Waals surface area contributed by atoms with Crippen LogP contribution in [0.1, 0.15) is 25.1 Å². The van der Waals surface area contributed by atoms with E-state index < -0.39 is 0 Å². The molecule has 1 aliphatic rings. The zero-order chi connectivity index (χ0) is 14.9. The van der Waals surface area contributed by atoms with Crippen molar-refractivity contribution >= 4 is 11.0 Å². The van der Waals surface area contributed by atoms with Crippen molar-refractivity contribution in [3.8, 4) is 11.4 Å². The second kappa shape index (κ2) is 5.53. The number of fused-ring (bicyclic) bond motifs is 1. The predicted octanol–water partition coefficient (Wildman–Crippen LogP) is 2.33. The zero-order valence-electron chi connectivity index (χ0n) is 12.6. The molecule has 0 amide bonds. The van der Waals surface area contributed by atoms with Crippen molar-refractivity contribution in [2.24, 2.45) is 5.92 Å². The first kappa shape index (κ1) is 13.5. The highest BCUT2D eigenvalue weighted by Gasteiger charge is 2.20. The van der Waals surface area contributed by atoms with Crippen LogP contribution in [-0.2, 0) is 12.8 Å². The molecule has 1 unspecified atom stereocenters. The van der Waals surface area contributed by atoms with Crippen molar-refractivity contribution < 1.29 is 4.52 Å². The standard InChI is InChI=1S/C16H19N5O/c1-2-13-18-12-5-3-4-11(15(12)19-13)16-20-14(22-21-16)8-10-6-7-17-9-10/h3-5,10,17H,2,6-9H2,1H3,(H,18,19). The van der Waals surface area contributed by atoms with Crippen molar-refractivity contribution in [1.82, 2.24) is 25.4 Å². The van der Waals surface area contributed by atoms with Crippen LogP contribution in [0.2, 0.25) is 0 Å². The van der Waals surface area contributed by atoms with Gasteiger partial charge >= 0.3 is 0 Å². The van der Waals surface area contributed by atoms with Crippen LogP contribution >= 0.6 is 0 Å². The van der Waals surface area contributed by atoms with E-state index in [-0.39, 0.29) is 0 Å². The van der Waals surface area contributed by atoms with Gasteiger partial charge in [0.25, 0.3) is 0 Å². The lowest BCUT2D eigenvalue weighted by atomic mass is 10.1. The van der Waals surface area contributed by atoms with Gasteiger partial charge in [0.1, 0.15) is 5.82 Å². The molecule has 3 aromatic rings. The number of hydrogen-bond donors (Lipinski definition) is 2. The summed E-state index contributed by atoms with van der Waals surface area (Å²) in [5.41, 5.74) is 2.85. The Morgan fingerprint density at radius 3 is 3.09 bits per heavy atom. The van der Waals surface area contributed by atoms with Crippen LogP contribution in [-0.4, -0.2) is 33.2 Å². The Labute approximate surface area is 128 Å². The van der Waals surface area contributed by atoms with Gasteiger partial charge in [-0.3, -0.25) is 0 Å². The molecule has 0 aliphatic carbocycles. The second-order valence-electron chi connectivity index (χ2n) is 5.81. The van der Waals surface area contributed by atoms with Crippen molar-refractivity contribution in [3.63, 3.8) is 0 Å². The van der Waals surface area contributed by atoms with Crippen molar-refractivity contribution in [2.45, 2.75) is 26.2 Å². The van der Waals surface area contributed by atoms with Crippen LogP contribution in [0.4, 0.5) is 0 Å². The zero-order valence-corrected chi connectivity index (χ0v) is 12.6. The highest BCUT2D eigenvalue weighted by Crippen LogP contribution is 2.26. The molecule has 1 fully saturated rings. The number of H-pyrrole nitrogens is 1. The maximum atomic E-state index is 5.44. The van der Waals surface area contributed by atoms with Gasteiger partial charge in [0, 0.05) is 12.8 Å². The molecule has 1 saturated heterocycles. The number of benzene rings is 1. The van der Waals surface area contributed by atoms with Crippen LogP contribution in [0, 0.1) is 5.92 Å². The third-order valence-electron chi connectivity index (χ3n) is 4.23. The Hall–Kier alpha value is -2.21. The van der Waals surface area contributed by atoms with E-state index in [1.807, 2.05) is 18.2 Å². The lowest BCUT2D eigenvalue weighted by molar-refractivity contribution is 0.358. The first-order valence-electron chi connectivity index (χ1n) is 7.84. The smallest absolute Gasteiger partial charge is 0.227 e. The molecule has 0 spiro atoms. The largest absolute Gasteiger partial charge is 0.342 e. The molecular formula is C16H19N5O. The van der Waals surface area contributed by atoms with Gasteiger partial charge in [-0.05, 0) is 37.6 Å². The molecule has 2 aromatic heterocycles. The monoisotopic (exact) mass is 297 g/mol. The summed E-state index contributed by atoms with van der Waals surface area (Å²) in [7, 11) is 0. The normalized spacial score (nSPS) is 18.3. The Kier molecular flexibility index (Phi) is 3.38. The van der Waals surface area contributed by atoms with E-state index >= 15 is 0 Å². The Morgan fingerprint density at radius 2 is 2.27 bits per heavy atom. The number of rotatable bonds is 4. The number of imidazole rings is 1. The fourth-order valence-corrected chi connectivity index (χ4v) is 3.01. The number of nitrogens with zero attached hydrogens (tertiary/aromatic N) is 3. The van der Waals surface area contributed by atoms with Gasteiger partial charge in [-0.25, -0.2) is 4.98 Å². The average Bonchev–Trinajstić information content (AvgIpc) is 3.27. The van der Waals surface area contributed by atoms with E-state index in [9.17, 15) is 0 Å². The molecule has 22 heavy (non-hydrogen) atoms. The Bertz CT molecular complexity index is 785. The minimum atomic E-state index is 0.598. The quantitative estimate of drug-likeness (QED) is 0.772. The van der Waals surface area contributed by atoms with E-state index in [1.165, 1.54) is 6.42 Å². The maximum Gasteiger partial charge on any atom is 0.227 e. The van der Waals surface area contributed by atoms with E-state index in [0.717, 1.165) is 48.4 Å². The van der Waals surface area contributed by atoms with Gasteiger partial charge in [0.05, 0.1) is 16.6 Å². The Balaban J connectivity index is 1.66. The topological polar surface area (TPSA) is 79.6 Å². The lowest BCUT2D eigenvalue weighted by Crippen LogP contribution is -2.10. The molecule has 0 saturated carbocycles. The molecule has 0 bridgehead atoms. The van der Waals surface area contributed by atoms with Crippen LogP contribution in [0.25, 0.3) is 22.4 Å². The van der Waals surface area contributed by atoms with Crippen LogP contribution < -0.4 is 5.32 Å². The van der Waals surface area contributed by atoms with Gasteiger partial charge in [-0.2, -0.15) is 4.98 Å². The van der Waals surface area contributed by atoms with Crippen molar-refractivity contribution in [2.75, 3.05) is 13.1 Å². The minimum Gasteiger partial charge on any atom is -0.342 e. The van der Waals surface area contributed by atoms with E-state index in [1.54, 1.807) is 0 Å². The number of aromatic amines is 1. The molecule has 6 nitrogen and oxygen atoms in total. The molecule has 1 aliphatic heterocycles. The molecule has 0 radical (unpaired) electrons. The molecule has 114 valence electrons. The van der Waals surface area contributed by atoms with Crippen LogP contribution in [0.15, 0.2) is 22.7 Å². The highest BCUT2D eigenvalue weighted by molar-refractivity contribution is 5.89. The minimum absolute atomic E-state index is 0.598. The van der Waals surface area contributed by atoms with Gasteiger partial charge in [0.15, 0.2) is 0 Å². The Morgan fingerprint density at radius 1 is 1.32 bits per heavy atom. The van der Waals surface area contributed by atoms with E-state index in [2.05, 4.69) is 32.3 Å². The molecule has 6 heteroatoms. The van der Waals surface area contributed by atoms with Crippen LogP contribution in [0.3, 0.4) is 0 Å². The summed E-state index contributed by atoms with van der Waals surface area (Å²) in [6.45, 7) is 4.20. The highest BCUT2D eigenvalue weighted by atomic mass is 16.5. The molecule has 1 atom stereocenters. The summed E-state index contributed by atoms with van der Waals surface area (Å²) in [6, 6.07) is 6.01. The van der Waals surface area contributed by atoms with Gasteiger partial charge < -0.3 is 14.8 Å². The predicted molar refractivity (Wildman–Crippen MR) is 83.4 cm³/mol. The lowest BCUT2D eigenvalue weighted by Gasteiger charge is -2.01. The third kappa shape index (κ3) is 2.39. The molecular weight excluding hydrogens is 278 g/mol. The van der Waals surface area contributed by atoms with Crippen LogP contribution in [0.5, 0.6) is 0 Å². The summed E-state index contributed by atoms with van der Waals surface area (Å²) >= 11 is 0. The molecule has 2 N–H and O–H groups in total. The summed E-state index contributed by atoms with van der Waals surface area (Å²) < 4.78 is 5.44. The molecule has 4 rings (SSSR count). The number of hydrogen-bond acceptors (Lipinski definition) is 5. The summed E-state index contributed by atoms with van der Waals surface area (Å²) in [5.74, 6) is 2.91. The summed E-state index contributed by atoms with van der Waals surface area (Å²) in [4.78, 5) is 12.5. The number of aryl methyl sites for hydroxylation is 1.